The Hall–Kier alpha value is -0.450. The molecular weight excluding hydrogens is 228 g/mol. The third-order valence-electron chi connectivity index (χ3n) is 1.91. The zero-order chi connectivity index (χ0) is 11.4. The summed E-state index contributed by atoms with van der Waals surface area (Å²) in [5.41, 5.74) is 0. The van der Waals surface area contributed by atoms with E-state index < -0.39 is 24.0 Å². The van der Waals surface area contributed by atoms with Gasteiger partial charge in [0.05, 0.1) is 0 Å². The first-order chi connectivity index (χ1) is 7.07. The summed E-state index contributed by atoms with van der Waals surface area (Å²) in [6, 6.07) is 0. The number of hydrogen-bond acceptors (Lipinski definition) is 1. The van der Waals surface area contributed by atoms with E-state index in [2.05, 4.69) is 0 Å². The van der Waals surface area contributed by atoms with Crippen LogP contribution in [0.5, 0.6) is 0 Å². The second-order valence-corrected chi connectivity index (χ2v) is 4.25. The molecule has 0 N–H and O–H groups in total. The fourth-order valence-corrected chi connectivity index (χ4v) is 2.14. The number of hydrogen-bond donors (Lipinski definition) is 0. The van der Waals surface area contributed by atoms with Crippen LogP contribution in [0.1, 0.15) is 19.8 Å². The minimum Gasteiger partial charge on any atom is -0.239 e. The molecule has 85 valence electrons. The van der Waals surface area contributed by atoms with Crippen LogP contribution in [0.3, 0.4) is 0 Å². The lowest BCUT2D eigenvalue weighted by molar-refractivity contribution is 0.287. The van der Waals surface area contributed by atoms with E-state index in [1.807, 2.05) is 6.92 Å². The van der Waals surface area contributed by atoms with Crippen LogP contribution < -0.4 is 0 Å². The molecule has 0 fully saturated rings. The molecule has 0 saturated carbocycles. The number of halogens is 4. The van der Waals surface area contributed by atoms with Crippen LogP contribution >= 0.6 is 11.8 Å². The first-order valence-electron chi connectivity index (χ1n) is 4.65. The van der Waals surface area contributed by atoms with Gasteiger partial charge in [0, 0.05) is 4.91 Å². The minimum atomic E-state index is -2.16. The molecule has 1 aliphatic carbocycles. The average molecular weight is 239 g/mol. The van der Waals surface area contributed by atoms with Gasteiger partial charge in [-0.1, -0.05) is 13.3 Å². The lowest BCUT2D eigenvalue weighted by Gasteiger charge is -2.16. The maximum Gasteiger partial charge on any atom is 0.242 e. The van der Waals surface area contributed by atoms with Gasteiger partial charge < -0.3 is 0 Å². The molecule has 0 amide bonds. The Bertz CT molecular complexity index is 285. The molecule has 0 spiro atoms. The molecule has 0 aliphatic heterocycles. The van der Waals surface area contributed by atoms with Crippen molar-refractivity contribution in [1.82, 2.24) is 0 Å². The van der Waals surface area contributed by atoms with Crippen molar-refractivity contribution in [2.45, 2.75) is 25.9 Å². The molecule has 0 nitrogen and oxygen atoms in total. The van der Waals surface area contributed by atoms with Crippen LogP contribution in [0.25, 0.3) is 0 Å². The lowest BCUT2D eigenvalue weighted by Crippen LogP contribution is -2.13. The molecular formula is C10H11F4S. The van der Waals surface area contributed by atoms with Crippen molar-refractivity contribution in [2.75, 3.05) is 5.75 Å². The number of alkyl halides is 1. The highest BCUT2D eigenvalue weighted by molar-refractivity contribution is 8.03. The SMILES string of the molecule is CCCCSC1=CC(F)[C](F)C(F)=C1F. The number of allylic oxidation sites excluding steroid dienone is 3. The molecule has 1 aliphatic rings. The molecule has 1 rings (SSSR count). The molecule has 0 aromatic rings. The molecule has 0 saturated heterocycles. The standard InChI is InChI=1S/C10H11F4S/c1-2-3-4-15-7-5-6(11)8(12)10(14)9(7)13/h5-6H,2-4H2,1H3. The minimum absolute atomic E-state index is 0.144. The number of thioether (sulfide) groups is 1. The highest BCUT2D eigenvalue weighted by atomic mass is 32.2. The highest BCUT2D eigenvalue weighted by Gasteiger charge is 2.34. The second-order valence-electron chi connectivity index (χ2n) is 3.11. The summed E-state index contributed by atoms with van der Waals surface area (Å²) >= 11 is 1.01. The topological polar surface area (TPSA) is 0 Å². The summed E-state index contributed by atoms with van der Waals surface area (Å²) in [7, 11) is 0. The van der Waals surface area contributed by atoms with Crippen molar-refractivity contribution in [3.05, 3.63) is 28.8 Å². The van der Waals surface area contributed by atoms with Crippen LogP contribution in [0, 0.1) is 6.17 Å². The van der Waals surface area contributed by atoms with E-state index in [0.717, 1.165) is 30.7 Å². The largest absolute Gasteiger partial charge is 0.242 e. The Labute approximate surface area is 90.4 Å². The first-order valence-corrected chi connectivity index (χ1v) is 5.63. The molecule has 0 aromatic carbocycles. The molecule has 1 atom stereocenters. The summed E-state index contributed by atoms with van der Waals surface area (Å²) in [6.07, 6.45) is -1.33. The van der Waals surface area contributed by atoms with Crippen molar-refractivity contribution < 1.29 is 17.6 Å². The van der Waals surface area contributed by atoms with E-state index >= 15 is 0 Å². The predicted octanol–water partition coefficient (Wildman–Crippen LogP) is 4.41. The Morgan fingerprint density at radius 3 is 2.53 bits per heavy atom. The van der Waals surface area contributed by atoms with Crippen molar-refractivity contribution in [3.63, 3.8) is 0 Å². The molecule has 0 bridgehead atoms. The van der Waals surface area contributed by atoms with Crippen molar-refractivity contribution in [1.29, 1.82) is 0 Å². The van der Waals surface area contributed by atoms with Gasteiger partial charge in [-0.05, 0) is 18.2 Å². The van der Waals surface area contributed by atoms with Crippen LogP contribution in [0.15, 0.2) is 22.6 Å². The van der Waals surface area contributed by atoms with Gasteiger partial charge >= 0.3 is 0 Å². The van der Waals surface area contributed by atoms with E-state index in [9.17, 15) is 17.6 Å². The average Bonchev–Trinajstić information content (AvgIpc) is 2.23. The van der Waals surface area contributed by atoms with Crippen LogP contribution in [0.2, 0.25) is 0 Å². The first kappa shape index (κ1) is 12.6. The maximum absolute atomic E-state index is 13.1. The summed E-state index contributed by atoms with van der Waals surface area (Å²) in [4.78, 5) is -0.144. The van der Waals surface area contributed by atoms with Crippen LogP contribution in [-0.4, -0.2) is 11.9 Å². The zero-order valence-corrected chi connectivity index (χ0v) is 9.01. The fourth-order valence-electron chi connectivity index (χ4n) is 1.05. The summed E-state index contributed by atoms with van der Waals surface area (Å²) in [5.74, 6) is -2.43. The van der Waals surface area contributed by atoms with E-state index in [1.165, 1.54) is 0 Å². The molecule has 15 heavy (non-hydrogen) atoms. The van der Waals surface area contributed by atoms with Crippen LogP contribution in [-0.2, 0) is 0 Å². The van der Waals surface area contributed by atoms with Gasteiger partial charge in [0.15, 0.2) is 17.8 Å². The Morgan fingerprint density at radius 2 is 1.93 bits per heavy atom. The maximum atomic E-state index is 13.1. The molecule has 1 unspecified atom stereocenters. The molecule has 0 heterocycles. The van der Waals surface area contributed by atoms with E-state index in [4.69, 9.17) is 0 Å². The van der Waals surface area contributed by atoms with Crippen molar-refractivity contribution >= 4 is 11.8 Å². The van der Waals surface area contributed by atoms with E-state index in [1.54, 1.807) is 0 Å². The second kappa shape index (κ2) is 5.58. The summed E-state index contributed by atoms with van der Waals surface area (Å²) in [6.45, 7) is 1.95. The van der Waals surface area contributed by atoms with Gasteiger partial charge in [0.25, 0.3) is 0 Å². The van der Waals surface area contributed by atoms with Crippen molar-refractivity contribution in [3.8, 4) is 0 Å². The monoisotopic (exact) mass is 239 g/mol. The Kier molecular flexibility index (Phi) is 4.70. The quantitative estimate of drug-likeness (QED) is 0.517. The highest BCUT2D eigenvalue weighted by Crippen LogP contribution is 2.40. The van der Waals surface area contributed by atoms with E-state index in [0.29, 0.717) is 5.75 Å². The molecule has 5 heteroatoms. The normalized spacial score (nSPS) is 23.3. The van der Waals surface area contributed by atoms with Gasteiger partial charge in [-0.15, -0.1) is 11.8 Å². The number of unbranched alkanes of at least 4 members (excludes halogenated alkanes) is 1. The molecule has 1 radical (unpaired) electrons. The van der Waals surface area contributed by atoms with Gasteiger partial charge in [-0.2, -0.15) is 0 Å². The Morgan fingerprint density at radius 1 is 1.27 bits per heavy atom. The Balaban J connectivity index is 2.68. The molecule has 0 aromatic heterocycles. The lowest BCUT2D eigenvalue weighted by atomic mass is 10.1. The van der Waals surface area contributed by atoms with Crippen molar-refractivity contribution in [2.24, 2.45) is 0 Å². The van der Waals surface area contributed by atoms with Gasteiger partial charge in [-0.25, -0.2) is 17.6 Å². The fraction of sp³-hybridized carbons (Fsp3) is 0.500. The summed E-state index contributed by atoms with van der Waals surface area (Å²) < 4.78 is 51.3. The summed E-state index contributed by atoms with van der Waals surface area (Å²) in [5, 5.41) is 0. The van der Waals surface area contributed by atoms with Gasteiger partial charge in [0.2, 0.25) is 6.17 Å². The predicted molar refractivity (Wildman–Crippen MR) is 53.9 cm³/mol. The van der Waals surface area contributed by atoms with E-state index in [-0.39, 0.29) is 4.91 Å². The zero-order valence-electron chi connectivity index (χ0n) is 8.20. The third-order valence-corrected chi connectivity index (χ3v) is 3.03. The van der Waals surface area contributed by atoms with Gasteiger partial charge in [0.1, 0.15) is 0 Å². The van der Waals surface area contributed by atoms with Gasteiger partial charge in [-0.3, -0.25) is 0 Å². The smallest absolute Gasteiger partial charge is 0.239 e. The van der Waals surface area contributed by atoms with Crippen LogP contribution in [0.4, 0.5) is 17.6 Å². The third kappa shape index (κ3) is 3.00. The number of rotatable bonds is 4.